The quantitative estimate of drug-likeness (QED) is 0.345. The normalized spacial score (nSPS) is 11.7. The molecule has 4 rings (SSSR count). The molecule has 0 spiro atoms. The third-order valence-electron chi connectivity index (χ3n) is 4.72. The van der Waals surface area contributed by atoms with Crippen LogP contribution in [0.25, 0.3) is 32.3 Å². The van der Waals surface area contributed by atoms with Crippen LogP contribution in [0.4, 0.5) is 0 Å². The maximum atomic E-state index is 11.4. The van der Waals surface area contributed by atoms with Gasteiger partial charge in [0.25, 0.3) is 0 Å². The van der Waals surface area contributed by atoms with E-state index < -0.39 is 0 Å². The van der Waals surface area contributed by atoms with Crippen LogP contribution in [0, 0.1) is 0 Å². The second-order valence-electron chi connectivity index (χ2n) is 6.02. The van der Waals surface area contributed by atoms with E-state index in [4.69, 9.17) is 0 Å². The predicted octanol–water partition coefficient (Wildman–Crippen LogP) is 5.74. The van der Waals surface area contributed by atoms with Crippen LogP contribution in [0.2, 0.25) is 0 Å². The Morgan fingerprint density at radius 3 is 2.18 bits per heavy atom. The number of aldehydes is 1. The van der Waals surface area contributed by atoms with Gasteiger partial charge in [-0.2, -0.15) is 0 Å². The highest BCUT2D eigenvalue weighted by Gasteiger charge is 2.12. The van der Waals surface area contributed by atoms with Gasteiger partial charge < -0.3 is 0 Å². The lowest BCUT2D eigenvalue weighted by molar-refractivity contribution is 0.112. The second kappa shape index (κ2) is 5.10. The molecule has 1 nitrogen and oxygen atoms in total. The lowest BCUT2D eigenvalue weighted by Gasteiger charge is -2.14. The van der Waals surface area contributed by atoms with Gasteiger partial charge in [-0.05, 0) is 50.7 Å². The van der Waals surface area contributed by atoms with E-state index >= 15 is 0 Å². The van der Waals surface area contributed by atoms with E-state index in [0.29, 0.717) is 0 Å². The number of unbranched alkanes of at least 4 members (excludes halogenated alkanes) is 1. The smallest absolute Gasteiger partial charge is 0.150 e. The maximum Gasteiger partial charge on any atom is 0.150 e. The molecule has 4 aromatic rings. The highest BCUT2D eigenvalue weighted by Crippen LogP contribution is 2.37. The Labute approximate surface area is 129 Å². The summed E-state index contributed by atoms with van der Waals surface area (Å²) in [7, 11) is 0. The first-order valence-corrected chi connectivity index (χ1v) is 7.98. The molecule has 22 heavy (non-hydrogen) atoms. The van der Waals surface area contributed by atoms with E-state index in [1.807, 2.05) is 6.07 Å². The minimum absolute atomic E-state index is 0.779. The van der Waals surface area contributed by atoms with E-state index in [2.05, 4.69) is 49.4 Å². The Kier molecular flexibility index (Phi) is 3.07. The molecule has 0 aromatic heterocycles. The van der Waals surface area contributed by atoms with Crippen LogP contribution >= 0.6 is 0 Å². The summed E-state index contributed by atoms with van der Waals surface area (Å²) in [4.78, 5) is 11.4. The van der Waals surface area contributed by atoms with E-state index in [-0.39, 0.29) is 0 Å². The number of benzene rings is 4. The summed E-state index contributed by atoms with van der Waals surface area (Å²) in [6.07, 6.45) is 4.50. The van der Waals surface area contributed by atoms with Crippen LogP contribution in [0.3, 0.4) is 0 Å². The third-order valence-corrected chi connectivity index (χ3v) is 4.72. The molecule has 0 saturated carbocycles. The molecule has 0 amide bonds. The van der Waals surface area contributed by atoms with Crippen LogP contribution < -0.4 is 0 Å². The van der Waals surface area contributed by atoms with Crippen molar-refractivity contribution in [3.8, 4) is 0 Å². The molecule has 4 aromatic carbocycles. The molecule has 0 atom stereocenters. The van der Waals surface area contributed by atoms with Gasteiger partial charge in [0.1, 0.15) is 0 Å². The van der Waals surface area contributed by atoms with Crippen LogP contribution in [-0.2, 0) is 6.42 Å². The van der Waals surface area contributed by atoms with Gasteiger partial charge in [-0.3, -0.25) is 4.79 Å². The largest absolute Gasteiger partial charge is 0.298 e. The minimum Gasteiger partial charge on any atom is -0.298 e. The first-order chi connectivity index (χ1) is 10.8. The zero-order valence-corrected chi connectivity index (χ0v) is 12.7. The molecule has 0 aliphatic carbocycles. The van der Waals surface area contributed by atoms with Gasteiger partial charge in [-0.15, -0.1) is 0 Å². The Morgan fingerprint density at radius 1 is 0.818 bits per heavy atom. The van der Waals surface area contributed by atoms with Gasteiger partial charge in [-0.1, -0.05) is 61.9 Å². The molecule has 0 heterocycles. The monoisotopic (exact) mass is 286 g/mol. The molecule has 0 N–H and O–H groups in total. The lowest BCUT2D eigenvalue weighted by Crippen LogP contribution is -1.92. The molecular formula is C21H18O. The van der Waals surface area contributed by atoms with Crippen molar-refractivity contribution in [3.63, 3.8) is 0 Å². The van der Waals surface area contributed by atoms with Gasteiger partial charge in [0, 0.05) is 5.56 Å². The molecule has 0 saturated heterocycles. The molecule has 1 heteroatoms. The van der Waals surface area contributed by atoms with Crippen molar-refractivity contribution >= 4 is 38.6 Å². The topological polar surface area (TPSA) is 17.1 Å². The molecule has 0 radical (unpaired) electrons. The Hall–Kier alpha value is -2.41. The van der Waals surface area contributed by atoms with E-state index in [1.165, 1.54) is 45.3 Å². The molecule has 0 fully saturated rings. The highest BCUT2D eigenvalue weighted by molar-refractivity contribution is 6.25. The summed E-state index contributed by atoms with van der Waals surface area (Å²) in [6, 6.07) is 17.1. The fourth-order valence-electron chi connectivity index (χ4n) is 3.57. The molecule has 0 unspecified atom stereocenters. The van der Waals surface area contributed by atoms with Gasteiger partial charge >= 0.3 is 0 Å². The van der Waals surface area contributed by atoms with Crippen LogP contribution in [0.5, 0.6) is 0 Å². The fourth-order valence-corrected chi connectivity index (χ4v) is 3.57. The predicted molar refractivity (Wildman–Crippen MR) is 94.1 cm³/mol. The van der Waals surface area contributed by atoms with Crippen molar-refractivity contribution in [3.05, 3.63) is 59.7 Å². The van der Waals surface area contributed by atoms with Crippen molar-refractivity contribution in [1.82, 2.24) is 0 Å². The first-order valence-electron chi connectivity index (χ1n) is 7.98. The highest BCUT2D eigenvalue weighted by atomic mass is 16.1. The first kappa shape index (κ1) is 13.3. The maximum absolute atomic E-state index is 11.4. The third kappa shape index (κ3) is 1.82. The van der Waals surface area contributed by atoms with Gasteiger partial charge in [0.05, 0.1) is 0 Å². The average Bonchev–Trinajstić information content (AvgIpc) is 2.58. The van der Waals surface area contributed by atoms with Crippen molar-refractivity contribution in [2.75, 3.05) is 0 Å². The lowest BCUT2D eigenvalue weighted by atomic mass is 9.89. The number of aryl methyl sites for hydroxylation is 1. The van der Waals surface area contributed by atoms with Crippen LogP contribution in [-0.4, -0.2) is 6.29 Å². The summed E-state index contributed by atoms with van der Waals surface area (Å²) in [5, 5.41) is 7.43. The minimum atomic E-state index is 0.779. The summed E-state index contributed by atoms with van der Waals surface area (Å²) in [5.74, 6) is 0. The molecule has 0 aliphatic rings. The summed E-state index contributed by atoms with van der Waals surface area (Å²) >= 11 is 0. The number of carbonyl (C=O) groups excluding carboxylic acids is 1. The number of rotatable bonds is 4. The zero-order valence-electron chi connectivity index (χ0n) is 12.7. The number of hydrogen-bond acceptors (Lipinski definition) is 1. The van der Waals surface area contributed by atoms with Crippen molar-refractivity contribution in [2.45, 2.75) is 26.2 Å². The Balaban J connectivity index is 2.16. The van der Waals surface area contributed by atoms with E-state index in [0.717, 1.165) is 23.7 Å². The van der Waals surface area contributed by atoms with E-state index in [1.54, 1.807) is 0 Å². The van der Waals surface area contributed by atoms with Gasteiger partial charge in [0.15, 0.2) is 6.29 Å². The second-order valence-corrected chi connectivity index (χ2v) is 6.02. The molecule has 108 valence electrons. The van der Waals surface area contributed by atoms with Crippen molar-refractivity contribution in [1.29, 1.82) is 0 Å². The summed E-state index contributed by atoms with van der Waals surface area (Å²) in [5.41, 5.74) is 2.20. The number of carbonyl (C=O) groups is 1. The van der Waals surface area contributed by atoms with Crippen molar-refractivity contribution < 1.29 is 4.79 Å². The fraction of sp³-hybridized carbons (Fsp3) is 0.190. The molecular weight excluding hydrogens is 268 g/mol. The SMILES string of the molecule is CCCCc1ccc2ccc3c(C=O)ccc4ccc1c2c43. The van der Waals surface area contributed by atoms with Gasteiger partial charge in [0.2, 0.25) is 0 Å². The van der Waals surface area contributed by atoms with E-state index in [9.17, 15) is 4.79 Å². The summed E-state index contributed by atoms with van der Waals surface area (Å²) < 4.78 is 0. The summed E-state index contributed by atoms with van der Waals surface area (Å²) in [6.45, 7) is 2.23. The van der Waals surface area contributed by atoms with Gasteiger partial charge in [-0.25, -0.2) is 0 Å². The molecule has 0 aliphatic heterocycles. The van der Waals surface area contributed by atoms with Crippen LogP contribution in [0.1, 0.15) is 35.7 Å². The zero-order chi connectivity index (χ0) is 15.1. The molecule has 0 bridgehead atoms. The van der Waals surface area contributed by atoms with Crippen molar-refractivity contribution in [2.24, 2.45) is 0 Å². The number of hydrogen-bond donors (Lipinski definition) is 0. The average molecular weight is 286 g/mol. The van der Waals surface area contributed by atoms with Crippen LogP contribution in [0.15, 0.2) is 48.5 Å². The Bertz CT molecular complexity index is 981. The Morgan fingerprint density at radius 2 is 1.45 bits per heavy atom. The standard InChI is InChI=1S/C21H18O/c1-2-3-4-14-5-6-15-10-12-19-17(13-22)8-7-16-9-11-18(14)20(15)21(16)19/h5-13H,2-4H2,1H3.